The normalized spacial score (nSPS) is 12.2. The molecule has 0 radical (unpaired) electrons. The Morgan fingerprint density at radius 2 is 1.43 bits per heavy atom. The zero-order valence-electron chi connectivity index (χ0n) is 22.1. The molecule has 3 rings (SSSR count). The molecular formula is C28H29Cl4N3O4S. The number of amides is 2. The third kappa shape index (κ3) is 7.42. The summed E-state index contributed by atoms with van der Waals surface area (Å²) in [5.41, 5.74) is 0.440. The van der Waals surface area contributed by atoms with E-state index < -0.39 is 34.4 Å². The van der Waals surface area contributed by atoms with E-state index in [2.05, 4.69) is 5.32 Å². The van der Waals surface area contributed by atoms with Crippen LogP contribution in [0, 0.1) is 0 Å². The van der Waals surface area contributed by atoms with Crippen LogP contribution in [-0.4, -0.2) is 43.8 Å². The molecule has 7 nitrogen and oxygen atoms in total. The summed E-state index contributed by atoms with van der Waals surface area (Å²) in [4.78, 5) is 28.6. The Morgan fingerprint density at radius 1 is 0.850 bits per heavy atom. The van der Waals surface area contributed by atoms with Crippen LogP contribution in [0.5, 0.6) is 0 Å². The molecule has 0 aromatic heterocycles. The monoisotopic (exact) mass is 643 g/mol. The fraction of sp³-hybridized carbons (Fsp3) is 0.286. The van der Waals surface area contributed by atoms with Crippen LogP contribution in [0.3, 0.4) is 0 Å². The van der Waals surface area contributed by atoms with Crippen LogP contribution >= 0.6 is 46.4 Å². The average Bonchev–Trinajstić information content (AvgIpc) is 2.90. The third-order valence-electron chi connectivity index (χ3n) is 6.02. The highest BCUT2D eigenvalue weighted by Crippen LogP contribution is 2.36. The summed E-state index contributed by atoms with van der Waals surface area (Å²) in [7, 11) is -4.29. The van der Waals surface area contributed by atoms with Gasteiger partial charge < -0.3 is 10.2 Å². The van der Waals surface area contributed by atoms with Crippen LogP contribution in [0.1, 0.15) is 32.8 Å². The zero-order valence-corrected chi connectivity index (χ0v) is 25.9. The van der Waals surface area contributed by atoms with Gasteiger partial charge in [0.05, 0.1) is 20.6 Å². The Bertz CT molecular complexity index is 1450. The molecule has 1 atom stereocenters. The van der Waals surface area contributed by atoms with Gasteiger partial charge in [-0.15, -0.1) is 0 Å². The highest BCUT2D eigenvalue weighted by molar-refractivity contribution is 7.92. The summed E-state index contributed by atoms with van der Waals surface area (Å²) in [6, 6.07) is 15.9. The predicted octanol–water partition coefficient (Wildman–Crippen LogP) is 6.83. The number of rotatable bonds is 11. The van der Waals surface area contributed by atoms with Crippen molar-refractivity contribution < 1.29 is 18.0 Å². The molecule has 0 bridgehead atoms. The number of nitrogens with one attached hydrogen (secondary N) is 1. The van der Waals surface area contributed by atoms with Crippen molar-refractivity contribution in [3.05, 3.63) is 92.4 Å². The number of hydrogen-bond donors (Lipinski definition) is 1. The molecule has 40 heavy (non-hydrogen) atoms. The first-order valence-corrected chi connectivity index (χ1v) is 15.4. The molecule has 0 saturated heterocycles. The van der Waals surface area contributed by atoms with E-state index in [0.717, 1.165) is 4.31 Å². The molecule has 214 valence electrons. The molecule has 0 aliphatic heterocycles. The maximum atomic E-state index is 14.1. The van der Waals surface area contributed by atoms with Gasteiger partial charge in [-0.1, -0.05) is 83.7 Å². The smallest absolute Gasteiger partial charge is 0.264 e. The van der Waals surface area contributed by atoms with Gasteiger partial charge in [0.1, 0.15) is 12.6 Å². The highest BCUT2D eigenvalue weighted by atomic mass is 35.5. The molecule has 0 heterocycles. The quantitative estimate of drug-likeness (QED) is 0.248. The van der Waals surface area contributed by atoms with Crippen LogP contribution in [0.4, 0.5) is 5.69 Å². The minimum absolute atomic E-state index is 0.0155. The molecule has 0 unspecified atom stereocenters. The van der Waals surface area contributed by atoms with Gasteiger partial charge in [-0.05, 0) is 56.7 Å². The molecule has 2 amide bonds. The molecule has 0 fully saturated rings. The van der Waals surface area contributed by atoms with Gasteiger partial charge in [-0.25, -0.2) is 8.42 Å². The topological polar surface area (TPSA) is 86.8 Å². The van der Waals surface area contributed by atoms with Gasteiger partial charge in [0.2, 0.25) is 11.8 Å². The predicted molar refractivity (Wildman–Crippen MR) is 162 cm³/mol. The van der Waals surface area contributed by atoms with Crippen molar-refractivity contribution in [2.45, 2.75) is 50.7 Å². The lowest BCUT2D eigenvalue weighted by molar-refractivity contribution is -0.140. The van der Waals surface area contributed by atoms with Crippen molar-refractivity contribution in [2.75, 3.05) is 10.8 Å². The largest absolute Gasteiger partial charge is 0.352 e. The average molecular weight is 645 g/mol. The van der Waals surface area contributed by atoms with Gasteiger partial charge in [0, 0.05) is 28.2 Å². The number of benzene rings is 3. The number of sulfonamides is 1. The van der Waals surface area contributed by atoms with Gasteiger partial charge in [0.25, 0.3) is 10.0 Å². The molecule has 1 N–H and O–H groups in total. The Kier molecular flexibility index (Phi) is 11.1. The lowest BCUT2D eigenvalue weighted by atomic mass is 10.1. The number of carbonyl (C=O) groups is 2. The van der Waals surface area contributed by atoms with Crippen LogP contribution in [0.15, 0.2) is 71.6 Å². The van der Waals surface area contributed by atoms with Crippen molar-refractivity contribution in [1.29, 1.82) is 0 Å². The number of carbonyl (C=O) groups excluding carboxylic acids is 2. The number of halogens is 4. The maximum absolute atomic E-state index is 14.1. The summed E-state index contributed by atoms with van der Waals surface area (Å²) in [5, 5.41) is 3.51. The summed E-state index contributed by atoms with van der Waals surface area (Å²) in [6.07, 6.45) is 0.246. The van der Waals surface area contributed by atoms with E-state index in [1.54, 1.807) is 57.2 Å². The Morgan fingerprint density at radius 3 is 2.00 bits per heavy atom. The Hall–Kier alpha value is -2.49. The first kappa shape index (κ1) is 32.0. The minimum atomic E-state index is -4.29. The second kappa shape index (κ2) is 13.9. The fourth-order valence-corrected chi connectivity index (χ4v) is 6.48. The zero-order chi connectivity index (χ0) is 29.6. The standard InChI is InChI=1S/C28H29Cl4N3O4S/c1-4-24(28(37)33-18(2)3)34(16-20-21(29)12-8-13-22(20)30)26(36)17-35(25-15-9-14-23(31)27(25)32)40(38,39)19-10-6-5-7-11-19/h5-15,18,24H,4,16-17H2,1-3H3,(H,33,37)/t24-/m0/s1. The van der Waals surface area contributed by atoms with Crippen LogP contribution in [0.2, 0.25) is 20.1 Å². The molecule has 0 aliphatic carbocycles. The van der Waals surface area contributed by atoms with Crippen LogP contribution in [0.25, 0.3) is 0 Å². The lowest BCUT2D eigenvalue weighted by Gasteiger charge is -2.34. The number of hydrogen-bond acceptors (Lipinski definition) is 4. The molecular weight excluding hydrogens is 616 g/mol. The first-order chi connectivity index (χ1) is 18.9. The van der Waals surface area contributed by atoms with Gasteiger partial charge in [-0.3, -0.25) is 13.9 Å². The van der Waals surface area contributed by atoms with Crippen molar-refractivity contribution in [1.82, 2.24) is 10.2 Å². The Balaban J connectivity index is 2.14. The molecule has 0 aliphatic rings. The summed E-state index contributed by atoms with van der Waals surface area (Å²) in [6.45, 7) is 4.55. The fourth-order valence-electron chi connectivity index (χ4n) is 4.07. The lowest BCUT2D eigenvalue weighted by Crippen LogP contribution is -2.53. The molecule has 3 aromatic rings. The van der Waals surface area contributed by atoms with Gasteiger partial charge in [0.15, 0.2) is 0 Å². The number of anilines is 1. The summed E-state index contributed by atoms with van der Waals surface area (Å²) in [5.74, 6) is -1.07. The first-order valence-electron chi connectivity index (χ1n) is 12.4. The van der Waals surface area contributed by atoms with E-state index in [1.165, 1.54) is 35.2 Å². The van der Waals surface area contributed by atoms with E-state index in [-0.39, 0.29) is 39.6 Å². The van der Waals surface area contributed by atoms with Crippen LogP contribution < -0.4 is 9.62 Å². The molecule has 0 saturated carbocycles. The van der Waals surface area contributed by atoms with Crippen molar-refractivity contribution in [3.8, 4) is 0 Å². The molecule has 0 spiro atoms. The Labute approximate surface area is 255 Å². The van der Waals surface area contributed by atoms with E-state index in [9.17, 15) is 18.0 Å². The third-order valence-corrected chi connectivity index (χ3v) is 9.31. The van der Waals surface area contributed by atoms with Crippen molar-refractivity contribution in [3.63, 3.8) is 0 Å². The van der Waals surface area contributed by atoms with E-state index in [0.29, 0.717) is 15.6 Å². The number of nitrogens with zero attached hydrogens (tertiary/aromatic N) is 2. The van der Waals surface area contributed by atoms with Gasteiger partial charge in [-0.2, -0.15) is 0 Å². The summed E-state index contributed by atoms with van der Waals surface area (Å²) >= 11 is 25.5. The van der Waals surface area contributed by atoms with E-state index >= 15 is 0 Å². The minimum Gasteiger partial charge on any atom is -0.352 e. The highest BCUT2D eigenvalue weighted by Gasteiger charge is 2.35. The summed E-state index contributed by atoms with van der Waals surface area (Å²) < 4.78 is 28.6. The second-order valence-electron chi connectivity index (χ2n) is 9.21. The van der Waals surface area contributed by atoms with Crippen LogP contribution in [-0.2, 0) is 26.2 Å². The maximum Gasteiger partial charge on any atom is 0.264 e. The molecule has 3 aromatic carbocycles. The SMILES string of the molecule is CC[C@@H](C(=O)NC(C)C)N(Cc1c(Cl)cccc1Cl)C(=O)CN(c1cccc(Cl)c1Cl)S(=O)(=O)c1ccccc1. The van der Waals surface area contributed by atoms with Crippen molar-refractivity contribution >= 4 is 73.9 Å². The van der Waals surface area contributed by atoms with E-state index in [4.69, 9.17) is 46.4 Å². The van der Waals surface area contributed by atoms with E-state index in [1.807, 2.05) is 0 Å². The molecule has 12 heteroatoms. The van der Waals surface area contributed by atoms with Crippen molar-refractivity contribution in [2.24, 2.45) is 0 Å². The second-order valence-corrected chi connectivity index (χ2v) is 12.7. The van der Waals surface area contributed by atoms with Gasteiger partial charge >= 0.3 is 0 Å².